The van der Waals surface area contributed by atoms with Crippen LogP contribution in [-0.2, 0) is 19.1 Å². The molecule has 3 unspecified atom stereocenters. The molecule has 9 heteroatoms. The summed E-state index contributed by atoms with van der Waals surface area (Å²) in [6, 6.07) is 8.50. The van der Waals surface area contributed by atoms with Crippen molar-refractivity contribution in [3.63, 3.8) is 0 Å². The maximum absolute atomic E-state index is 14.4. The van der Waals surface area contributed by atoms with Gasteiger partial charge in [0, 0.05) is 42.3 Å². The lowest BCUT2D eigenvalue weighted by Crippen LogP contribution is -2.60. The number of carbonyl (C=O) groups is 3. The quantitative estimate of drug-likeness (QED) is 0.219. The molecule has 8 nitrogen and oxygen atoms in total. The van der Waals surface area contributed by atoms with Gasteiger partial charge < -0.3 is 24.5 Å². The van der Waals surface area contributed by atoms with Crippen molar-refractivity contribution in [1.82, 2.24) is 9.80 Å². The van der Waals surface area contributed by atoms with E-state index in [1.807, 2.05) is 51.1 Å². The van der Waals surface area contributed by atoms with E-state index in [1.54, 1.807) is 26.9 Å². The van der Waals surface area contributed by atoms with Gasteiger partial charge in [-0.2, -0.15) is 0 Å². The SMILES string of the molecule is C=CCN(C(=O)[C@H]1[C@H]2C(=O)N(CCCCCO)C(C(=O)N(CC=C)C(C)(C)C)C23CC(Br)[C@@H]1O3)c1ccccc1. The van der Waals surface area contributed by atoms with Crippen molar-refractivity contribution >= 4 is 39.3 Å². The summed E-state index contributed by atoms with van der Waals surface area (Å²) in [5, 5.41) is 9.28. The minimum Gasteiger partial charge on any atom is -0.396 e. The molecule has 3 heterocycles. The largest absolute Gasteiger partial charge is 0.396 e. The van der Waals surface area contributed by atoms with Crippen molar-refractivity contribution in [2.45, 2.75) is 74.6 Å². The Balaban J connectivity index is 1.77. The molecule has 0 saturated carbocycles. The maximum Gasteiger partial charge on any atom is 0.249 e. The van der Waals surface area contributed by atoms with Crippen LogP contribution in [0, 0.1) is 11.8 Å². The first kappa shape index (κ1) is 30.5. The van der Waals surface area contributed by atoms with Crippen LogP contribution >= 0.6 is 15.9 Å². The second-order valence-corrected chi connectivity index (χ2v) is 13.1. The van der Waals surface area contributed by atoms with Gasteiger partial charge in [0.1, 0.15) is 11.6 Å². The summed E-state index contributed by atoms with van der Waals surface area (Å²) in [7, 11) is 0. The Morgan fingerprint density at radius 2 is 1.80 bits per heavy atom. The fourth-order valence-corrected chi connectivity index (χ4v) is 7.66. The second kappa shape index (κ2) is 12.2. The fraction of sp³-hybridized carbons (Fsp3) is 0.581. The zero-order valence-corrected chi connectivity index (χ0v) is 25.4. The number of amides is 3. The van der Waals surface area contributed by atoms with E-state index in [0.717, 1.165) is 12.1 Å². The number of hydrogen-bond donors (Lipinski definition) is 1. The minimum absolute atomic E-state index is 0.0747. The predicted molar refractivity (Wildman–Crippen MR) is 159 cm³/mol. The van der Waals surface area contributed by atoms with Crippen molar-refractivity contribution < 1.29 is 24.2 Å². The van der Waals surface area contributed by atoms with E-state index in [9.17, 15) is 19.5 Å². The molecule has 0 radical (unpaired) electrons. The summed E-state index contributed by atoms with van der Waals surface area (Å²) < 4.78 is 6.70. The monoisotopic (exact) mass is 615 g/mol. The Kier molecular flexibility index (Phi) is 9.27. The first-order valence-electron chi connectivity index (χ1n) is 14.2. The molecule has 6 atom stereocenters. The van der Waals surface area contributed by atoms with Crippen LogP contribution in [0.15, 0.2) is 55.6 Å². The Labute approximate surface area is 246 Å². The van der Waals surface area contributed by atoms with Crippen LogP contribution in [0.2, 0.25) is 0 Å². The number of ether oxygens (including phenoxy) is 1. The highest BCUT2D eigenvalue weighted by Gasteiger charge is 2.77. The van der Waals surface area contributed by atoms with E-state index >= 15 is 0 Å². The van der Waals surface area contributed by atoms with Gasteiger partial charge in [0.15, 0.2) is 0 Å². The third-order valence-corrected chi connectivity index (χ3v) is 9.24. The number of unbranched alkanes of at least 4 members (excludes halogenated alkanes) is 2. The summed E-state index contributed by atoms with van der Waals surface area (Å²) in [5.74, 6) is -2.11. The number of hydrogen-bond acceptors (Lipinski definition) is 5. The average molecular weight is 617 g/mol. The molecule has 3 amide bonds. The van der Waals surface area contributed by atoms with Gasteiger partial charge in [-0.1, -0.05) is 46.3 Å². The standard InChI is InChI=1S/C31H42BrN3O5/c1-6-16-33(21-14-10-8-11-15-21)27(37)23-24-28(38)34(18-12-9-13-19-36)26(31(24)20-22(32)25(23)40-31)29(39)35(17-7-2)30(3,4)5/h6-8,10-11,14-15,22-26,36H,1-2,9,12-13,16-20H2,3-5H3/t22?,23-,24-,25-,26?,31?/m0/s1. The van der Waals surface area contributed by atoms with Crippen molar-refractivity contribution in [1.29, 1.82) is 0 Å². The summed E-state index contributed by atoms with van der Waals surface area (Å²) in [4.78, 5) is 47.9. The van der Waals surface area contributed by atoms with E-state index in [2.05, 4.69) is 29.1 Å². The molecule has 3 saturated heterocycles. The molecule has 0 aromatic heterocycles. The molecular formula is C31H42BrN3O5. The lowest BCUT2D eigenvalue weighted by atomic mass is 9.70. The molecule has 3 aliphatic heterocycles. The summed E-state index contributed by atoms with van der Waals surface area (Å²) >= 11 is 3.76. The van der Waals surface area contributed by atoms with Crippen LogP contribution in [0.3, 0.4) is 0 Å². The van der Waals surface area contributed by atoms with E-state index in [1.165, 1.54) is 0 Å². The van der Waals surface area contributed by atoms with Gasteiger partial charge in [0.2, 0.25) is 17.7 Å². The van der Waals surface area contributed by atoms with Crippen LogP contribution < -0.4 is 4.90 Å². The van der Waals surface area contributed by atoms with Crippen LogP contribution in [0.4, 0.5) is 5.69 Å². The highest BCUT2D eigenvalue weighted by atomic mass is 79.9. The summed E-state index contributed by atoms with van der Waals surface area (Å²) in [5.41, 5.74) is -0.913. The Hall–Kier alpha value is -2.49. The third-order valence-electron chi connectivity index (χ3n) is 8.40. The molecule has 1 N–H and O–H groups in total. The lowest BCUT2D eigenvalue weighted by molar-refractivity contribution is -0.151. The van der Waals surface area contributed by atoms with Gasteiger partial charge in [-0.25, -0.2) is 0 Å². The zero-order chi connectivity index (χ0) is 29.2. The molecule has 3 fully saturated rings. The smallest absolute Gasteiger partial charge is 0.249 e. The molecule has 1 aromatic rings. The molecule has 1 aromatic carbocycles. The number of fused-ring (bicyclic) bond motifs is 1. The highest BCUT2D eigenvalue weighted by molar-refractivity contribution is 9.09. The fourth-order valence-electron chi connectivity index (χ4n) is 6.71. The number of likely N-dealkylation sites (tertiary alicyclic amines) is 1. The number of nitrogens with zero attached hydrogens (tertiary/aromatic N) is 3. The number of aliphatic hydroxyl groups excluding tert-OH is 1. The number of aliphatic hydroxyl groups is 1. The highest BCUT2D eigenvalue weighted by Crippen LogP contribution is 2.60. The Bertz CT molecular complexity index is 1120. The average Bonchev–Trinajstić information content (AvgIpc) is 3.50. The van der Waals surface area contributed by atoms with Crippen molar-refractivity contribution in [2.75, 3.05) is 31.1 Å². The van der Waals surface area contributed by atoms with Crippen LogP contribution in [0.5, 0.6) is 0 Å². The number of anilines is 1. The van der Waals surface area contributed by atoms with Gasteiger partial charge >= 0.3 is 0 Å². The van der Waals surface area contributed by atoms with Gasteiger partial charge in [0.25, 0.3) is 0 Å². The predicted octanol–water partition coefficient (Wildman–Crippen LogP) is 3.93. The lowest BCUT2D eigenvalue weighted by Gasteiger charge is -2.42. The number of carbonyl (C=O) groups excluding carboxylic acids is 3. The minimum atomic E-state index is -1.12. The topological polar surface area (TPSA) is 90.4 Å². The maximum atomic E-state index is 14.4. The normalized spacial score (nSPS) is 28.9. The number of halogens is 1. The van der Waals surface area contributed by atoms with E-state index in [0.29, 0.717) is 32.4 Å². The summed E-state index contributed by atoms with van der Waals surface area (Å²) in [6.45, 7) is 14.6. The zero-order valence-electron chi connectivity index (χ0n) is 23.8. The van der Waals surface area contributed by atoms with Crippen LogP contribution in [-0.4, -0.2) is 87.0 Å². The van der Waals surface area contributed by atoms with Gasteiger partial charge in [-0.3, -0.25) is 14.4 Å². The number of rotatable bonds is 12. The Morgan fingerprint density at radius 1 is 1.12 bits per heavy atom. The Morgan fingerprint density at radius 3 is 2.40 bits per heavy atom. The van der Waals surface area contributed by atoms with Crippen molar-refractivity contribution in [3.05, 3.63) is 55.6 Å². The molecule has 218 valence electrons. The van der Waals surface area contributed by atoms with E-state index in [-0.39, 0.29) is 35.7 Å². The van der Waals surface area contributed by atoms with E-state index in [4.69, 9.17) is 4.74 Å². The van der Waals surface area contributed by atoms with Gasteiger partial charge in [0.05, 0.1) is 17.9 Å². The first-order chi connectivity index (χ1) is 19.0. The molecule has 1 spiro atoms. The number of para-hydroxylation sites is 1. The van der Waals surface area contributed by atoms with Crippen LogP contribution in [0.1, 0.15) is 46.5 Å². The van der Waals surface area contributed by atoms with Crippen molar-refractivity contribution in [2.24, 2.45) is 11.8 Å². The van der Waals surface area contributed by atoms with Gasteiger partial charge in [-0.15, -0.1) is 13.2 Å². The molecular weight excluding hydrogens is 574 g/mol. The second-order valence-electron chi connectivity index (χ2n) is 12.0. The molecule has 0 aliphatic carbocycles. The van der Waals surface area contributed by atoms with Crippen LogP contribution in [0.25, 0.3) is 0 Å². The van der Waals surface area contributed by atoms with Crippen molar-refractivity contribution in [3.8, 4) is 0 Å². The molecule has 40 heavy (non-hydrogen) atoms. The van der Waals surface area contributed by atoms with E-state index < -0.39 is 35.1 Å². The number of alkyl halides is 1. The third kappa shape index (κ3) is 5.28. The number of benzene rings is 1. The first-order valence-corrected chi connectivity index (χ1v) is 15.1. The molecule has 3 aliphatic rings. The molecule has 2 bridgehead atoms. The molecule has 4 rings (SSSR count). The van der Waals surface area contributed by atoms with Gasteiger partial charge in [-0.05, 0) is 58.6 Å². The summed E-state index contributed by atoms with van der Waals surface area (Å²) in [6.07, 6.45) is 5.28.